The second kappa shape index (κ2) is 23.6. The minimum absolute atomic E-state index is 0.491. The highest BCUT2D eigenvalue weighted by Crippen LogP contribution is 2.25. The number of thioether (sulfide) groups is 1. The number of methoxy groups -OCH3 is 1. The molecule has 2 aliphatic rings. The van der Waals surface area contributed by atoms with E-state index < -0.39 is 0 Å². The van der Waals surface area contributed by atoms with Gasteiger partial charge in [0.2, 0.25) is 0 Å². The van der Waals surface area contributed by atoms with Crippen molar-refractivity contribution in [2.45, 2.75) is 73.6 Å². The fraction of sp³-hybridized carbons (Fsp3) is 0.833. The highest BCUT2D eigenvalue weighted by Gasteiger charge is 2.20. The Bertz CT molecular complexity index is 499. The normalized spacial score (nSPS) is 14.4. The Labute approximate surface area is 197 Å². The van der Waals surface area contributed by atoms with Crippen molar-refractivity contribution in [1.29, 1.82) is 0 Å². The number of aromatic nitrogens is 2. The van der Waals surface area contributed by atoms with Gasteiger partial charge in [0, 0.05) is 31.7 Å². The van der Waals surface area contributed by atoms with Crippen molar-refractivity contribution in [2.24, 2.45) is 0 Å². The van der Waals surface area contributed by atoms with Crippen LogP contribution < -0.4 is 20.3 Å². The van der Waals surface area contributed by atoms with Crippen LogP contribution in [0.25, 0.3) is 0 Å². The van der Waals surface area contributed by atoms with Crippen LogP contribution in [-0.2, 0) is 12.8 Å². The summed E-state index contributed by atoms with van der Waals surface area (Å²) in [4.78, 5) is 11.5. The number of rotatable bonds is 5. The van der Waals surface area contributed by atoms with Gasteiger partial charge in [-0.2, -0.15) is 21.7 Å². The summed E-state index contributed by atoms with van der Waals surface area (Å²) in [5.74, 6) is 1.08. The van der Waals surface area contributed by atoms with Gasteiger partial charge < -0.3 is 20.3 Å². The van der Waals surface area contributed by atoms with Crippen molar-refractivity contribution < 1.29 is 4.74 Å². The van der Waals surface area contributed by atoms with E-state index in [0.29, 0.717) is 6.01 Å². The Morgan fingerprint density at radius 3 is 1.81 bits per heavy atom. The average Bonchev–Trinajstić information content (AvgIpc) is 3.43. The molecule has 31 heavy (non-hydrogen) atoms. The van der Waals surface area contributed by atoms with E-state index in [4.69, 9.17) is 4.74 Å². The van der Waals surface area contributed by atoms with Crippen LogP contribution >= 0.6 is 11.8 Å². The molecule has 0 aliphatic carbocycles. The van der Waals surface area contributed by atoms with Crippen LogP contribution in [-0.4, -0.2) is 68.9 Å². The number of anilines is 1. The summed E-state index contributed by atoms with van der Waals surface area (Å²) in [5.41, 5.74) is 2.43. The van der Waals surface area contributed by atoms with Crippen molar-refractivity contribution in [3.8, 4) is 6.01 Å². The van der Waals surface area contributed by atoms with Crippen molar-refractivity contribution >= 4 is 17.6 Å². The van der Waals surface area contributed by atoms with Gasteiger partial charge in [-0.1, -0.05) is 48.0 Å². The first-order valence-corrected chi connectivity index (χ1v) is 13.8. The molecule has 2 saturated heterocycles. The van der Waals surface area contributed by atoms with Gasteiger partial charge in [0.15, 0.2) is 0 Å². The van der Waals surface area contributed by atoms with Gasteiger partial charge in [0.25, 0.3) is 0 Å². The van der Waals surface area contributed by atoms with E-state index in [1.807, 2.05) is 40.2 Å². The van der Waals surface area contributed by atoms with Crippen LogP contribution in [0.3, 0.4) is 0 Å². The molecular weight excluding hydrogens is 406 g/mol. The summed E-state index contributed by atoms with van der Waals surface area (Å²) < 4.78 is 5.26. The molecule has 0 unspecified atom stereocenters. The lowest BCUT2D eigenvalue weighted by Gasteiger charge is -2.30. The van der Waals surface area contributed by atoms with Crippen molar-refractivity contribution in [1.82, 2.24) is 20.6 Å². The van der Waals surface area contributed by atoms with E-state index in [0.717, 1.165) is 57.0 Å². The highest BCUT2D eigenvalue weighted by molar-refractivity contribution is 7.97. The molecule has 3 rings (SSSR count). The molecule has 0 atom stereocenters. The molecule has 7 heteroatoms. The predicted octanol–water partition coefficient (Wildman–Crippen LogP) is 4.81. The average molecular weight is 458 g/mol. The monoisotopic (exact) mass is 457 g/mol. The topological polar surface area (TPSA) is 62.3 Å². The zero-order chi connectivity index (χ0) is 23.9. The summed E-state index contributed by atoms with van der Waals surface area (Å²) >= 11 is 1.75. The summed E-state index contributed by atoms with van der Waals surface area (Å²) in [6.45, 7) is 18.9. The van der Waals surface area contributed by atoms with Crippen molar-refractivity contribution in [3.05, 3.63) is 11.3 Å². The summed E-state index contributed by atoms with van der Waals surface area (Å²) in [6.07, 6.45) is 9.93. The quantitative estimate of drug-likeness (QED) is 0.658. The largest absolute Gasteiger partial charge is 0.467 e. The first-order chi connectivity index (χ1) is 15.2. The summed E-state index contributed by atoms with van der Waals surface area (Å²) in [6, 6.07) is 0.491. The third kappa shape index (κ3) is 13.9. The SMILES string of the molecule is C1CCNC1.CC.CC.CCCc1c(CC)nc(OC)nc1N1CCNCC1.CSC. The first kappa shape index (κ1) is 32.1. The van der Waals surface area contributed by atoms with Crippen LogP contribution in [0, 0.1) is 0 Å². The smallest absolute Gasteiger partial charge is 0.318 e. The fourth-order valence-corrected chi connectivity index (χ4v) is 3.15. The van der Waals surface area contributed by atoms with Gasteiger partial charge >= 0.3 is 6.01 Å². The zero-order valence-electron chi connectivity index (χ0n) is 21.9. The second-order valence-corrected chi connectivity index (χ2v) is 7.48. The summed E-state index contributed by atoms with van der Waals surface area (Å²) in [5, 5.41) is 6.60. The maximum atomic E-state index is 5.26. The molecule has 0 spiro atoms. The lowest BCUT2D eigenvalue weighted by atomic mass is 10.1. The Morgan fingerprint density at radius 2 is 1.42 bits per heavy atom. The predicted molar refractivity (Wildman–Crippen MR) is 141 cm³/mol. The Morgan fingerprint density at radius 1 is 0.903 bits per heavy atom. The number of nitrogens with one attached hydrogen (secondary N) is 2. The number of ether oxygens (including phenoxy) is 1. The van der Waals surface area contributed by atoms with E-state index in [1.54, 1.807) is 18.9 Å². The van der Waals surface area contributed by atoms with E-state index in [9.17, 15) is 0 Å². The lowest BCUT2D eigenvalue weighted by Crippen LogP contribution is -2.44. The maximum Gasteiger partial charge on any atom is 0.318 e. The third-order valence-corrected chi connectivity index (χ3v) is 4.44. The number of aryl methyl sites for hydroxylation is 1. The van der Waals surface area contributed by atoms with E-state index >= 15 is 0 Å². The van der Waals surface area contributed by atoms with E-state index in [1.165, 1.54) is 31.5 Å². The van der Waals surface area contributed by atoms with E-state index in [-0.39, 0.29) is 0 Å². The minimum atomic E-state index is 0.491. The molecule has 0 aromatic carbocycles. The summed E-state index contributed by atoms with van der Waals surface area (Å²) in [7, 11) is 1.63. The molecule has 2 aliphatic heterocycles. The Hall–Kier alpha value is -1.05. The first-order valence-electron chi connectivity index (χ1n) is 12.2. The number of nitrogens with zero attached hydrogens (tertiary/aromatic N) is 3. The lowest BCUT2D eigenvalue weighted by molar-refractivity contribution is 0.377. The molecule has 0 saturated carbocycles. The maximum absolute atomic E-state index is 5.26. The molecule has 2 fully saturated rings. The van der Waals surface area contributed by atoms with Crippen LogP contribution in [0.2, 0.25) is 0 Å². The molecule has 3 heterocycles. The van der Waals surface area contributed by atoms with Crippen molar-refractivity contribution in [3.63, 3.8) is 0 Å². The molecule has 6 nitrogen and oxygen atoms in total. The molecule has 1 aromatic rings. The zero-order valence-corrected chi connectivity index (χ0v) is 22.8. The Balaban J connectivity index is 0. The Kier molecular flexibility index (Phi) is 24.5. The fourth-order valence-electron chi connectivity index (χ4n) is 3.15. The molecule has 0 amide bonds. The number of piperazine rings is 1. The third-order valence-electron chi connectivity index (χ3n) is 4.44. The standard InChI is InChI=1S/C14H24N4O.C4H9N.C2H6S.2C2H6/c1-4-6-11-12(5-2)16-14(19-3)17-13(11)18-9-7-15-8-10-18;1-2-4-5-3-1;1-3-2;2*1-2/h15H,4-10H2,1-3H3;5H,1-4H2;1-2H3;2*1-2H3. The van der Waals surface area contributed by atoms with Gasteiger partial charge in [-0.25, -0.2) is 0 Å². The molecule has 184 valence electrons. The van der Waals surface area contributed by atoms with Gasteiger partial charge in [-0.05, 0) is 51.3 Å². The molecule has 2 N–H and O–H groups in total. The van der Waals surface area contributed by atoms with Gasteiger partial charge in [0.1, 0.15) is 5.82 Å². The van der Waals surface area contributed by atoms with Crippen LogP contribution in [0.4, 0.5) is 5.82 Å². The van der Waals surface area contributed by atoms with Crippen LogP contribution in [0.15, 0.2) is 0 Å². The van der Waals surface area contributed by atoms with Gasteiger partial charge in [-0.15, -0.1) is 0 Å². The minimum Gasteiger partial charge on any atom is -0.467 e. The van der Waals surface area contributed by atoms with Gasteiger partial charge in [-0.3, -0.25) is 0 Å². The molecule has 1 aromatic heterocycles. The van der Waals surface area contributed by atoms with Crippen molar-refractivity contribution in [2.75, 3.05) is 63.8 Å². The number of hydrogen-bond donors (Lipinski definition) is 2. The van der Waals surface area contributed by atoms with E-state index in [2.05, 4.69) is 39.3 Å². The molecular formula is C24H51N5OS. The molecule has 0 radical (unpaired) electrons. The van der Waals surface area contributed by atoms with Crippen LogP contribution in [0.1, 0.15) is 72.1 Å². The van der Waals surface area contributed by atoms with Gasteiger partial charge in [0.05, 0.1) is 12.8 Å². The number of hydrogen-bond acceptors (Lipinski definition) is 7. The molecule has 0 bridgehead atoms. The second-order valence-electron chi connectivity index (χ2n) is 6.67. The highest BCUT2D eigenvalue weighted by atomic mass is 32.2. The van der Waals surface area contributed by atoms with Crippen LogP contribution in [0.5, 0.6) is 6.01 Å².